The number of nitrogens with zero attached hydrogens (tertiary/aromatic N) is 5. The molecular weight excluding hydrogens is 294 g/mol. The number of nitrogen functional groups attached to an aromatic ring is 1. The van der Waals surface area contributed by atoms with E-state index in [0.29, 0.717) is 30.0 Å². The average molecular weight is 317 g/mol. The molecule has 124 valence electrons. The zero-order valence-corrected chi connectivity index (χ0v) is 13.9. The predicted molar refractivity (Wildman–Crippen MR) is 88.3 cm³/mol. The lowest BCUT2D eigenvalue weighted by Gasteiger charge is -2.17. The smallest absolute Gasteiger partial charge is 0.228 e. The summed E-state index contributed by atoms with van der Waals surface area (Å²) in [6.45, 7) is 8.38. The minimum atomic E-state index is 0.0426. The number of ether oxygens (including phenoxy) is 1. The van der Waals surface area contributed by atoms with Crippen LogP contribution in [-0.4, -0.2) is 37.6 Å². The van der Waals surface area contributed by atoms with E-state index in [1.54, 1.807) is 19.3 Å². The Morgan fingerprint density at radius 1 is 1.17 bits per heavy atom. The largest absolute Gasteiger partial charge is 0.488 e. The first-order valence-corrected chi connectivity index (χ1v) is 7.67. The fraction of sp³-hybridized carbons (Fsp3) is 0.533. The first kappa shape index (κ1) is 16.9. The molecule has 0 bridgehead atoms. The van der Waals surface area contributed by atoms with E-state index in [9.17, 15) is 0 Å². The summed E-state index contributed by atoms with van der Waals surface area (Å²) in [5.74, 6) is 2.98. The van der Waals surface area contributed by atoms with Gasteiger partial charge in [0.2, 0.25) is 11.9 Å². The summed E-state index contributed by atoms with van der Waals surface area (Å²) >= 11 is 0. The maximum atomic E-state index is 5.74. The molecule has 0 aromatic carbocycles. The minimum Gasteiger partial charge on any atom is -0.488 e. The Morgan fingerprint density at radius 3 is 2.43 bits per heavy atom. The summed E-state index contributed by atoms with van der Waals surface area (Å²) in [5, 5.41) is 3.20. The fourth-order valence-corrected chi connectivity index (χ4v) is 1.91. The van der Waals surface area contributed by atoms with Crippen LogP contribution >= 0.6 is 0 Å². The molecule has 2 rings (SSSR count). The Hall–Kier alpha value is -2.51. The maximum absolute atomic E-state index is 5.74. The highest BCUT2D eigenvalue weighted by atomic mass is 16.5. The Bertz CT molecular complexity index is 610. The van der Waals surface area contributed by atoms with Crippen LogP contribution in [0.4, 0.5) is 11.9 Å². The molecule has 23 heavy (non-hydrogen) atoms. The van der Waals surface area contributed by atoms with E-state index in [1.165, 1.54) is 0 Å². The highest BCUT2D eigenvalue weighted by Crippen LogP contribution is 2.13. The van der Waals surface area contributed by atoms with Gasteiger partial charge in [0.1, 0.15) is 18.3 Å². The summed E-state index contributed by atoms with van der Waals surface area (Å²) in [6, 6.07) is 0.0426. The first-order chi connectivity index (χ1) is 11.0. The van der Waals surface area contributed by atoms with Crippen LogP contribution in [-0.2, 0) is 0 Å². The van der Waals surface area contributed by atoms with Crippen molar-refractivity contribution in [3.05, 3.63) is 24.0 Å². The average Bonchev–Trinajstić information content (AvgIpc) is 2.50. The van der Waals surface area contributed by atoms with Crippen molar-refractivity contribution in [3.8, 4) is 5.75 Å². The van der Waals surface area contributed by atoms with Crippen molar-refractivity contribution in [2.24, 2.45) is 0 Å². The standard InChI is InChI=1S/C15H23N7O/c1-5-11(21-15-20-10(4)19-14(16)22-15)8-23-12-6-17-13(9(2)3)18-7-12/h6-7,9,11H,5,8H2,1-4H3,(H3,16,19,20,21,22). The molecule has 0 amide bonds. The molecular formula is C15H23N7O. The van der Waals surface area contributed by atoms with Gasteiger partial charge in [-0.1, -0.05) is 20.8 Å². The van der Waals surface area contributed by atoms with E-state index in [-0.39, 0.29) is 12.0 Å². The molecule has 0 aliphatic carbocycles. The fourth-order valence-electron chi connectivity index (χ4n) is 1.91. The number of hydrogen-bond donors (Lipinski definition) is 2. The highest BCUT2D eigenvalue weighted by molar-refractivity contribution is 5.32. The molecule has 2 aromatic rings. The Morgan fingerprint density at radius 2 is 1.87 bits per heavy atom. The zero-order chi connectivity index (χ0) is 16.8. The molecule has 2 aromatic heterocycles. The van der Waals surface area contributed by atoms with Gasteiger partial charge < -0.3 is 15.8 Å². The summed E-state index contributed by atoms with van der Waals surface area (Å²) in [4.78, 5) is 20.8. The van der Waals surface area contributed by atoms with Gasteiger partial charge in [-0.2, -0.15) is 15.0 Å². The lowest BCUT2D eigenvalue weighted by Crippen LogP contribution is -2.27. The van der Waals surface area contributed by atoms with E-state index >= 15 is 0 Å². The topological polar surface area (TPSA) is 112 Å². The molecule has 0 aliphatic heterocycles. The van der Waals surface area contributed by atoms with Crippen molar-refractivity contribution in [2.75, 3.05) is 17.7 Å². The molecule has 0 fully saturated rings. The molecule has 2 heterocycles. The monoisotopic (exact) mass is 317 g/mol. The van der Waals surface area contributed by atoms with E-state index in [0.717, 1.165) is 12.2 Å². The van der Waals surface area contributed by atoms with Crippen LogP contribution in [0, 0.1) is 6.92 Å². The van der Waals surface area contributed by atoms with Gasteiger partial charge in [-0.3, -0.25) is 0 Å². The van der Waals surface area contributed by atoms with Crippen LogP contribution < -0.4 is 15.8 Å². The van der Waals surface area contributed by atoms with Crippen LogP contribution in [0.15, 0.2) is 12.4 Å². The number of hydrogen-bond acceptors (Lipinski definition) is 8. The van der Waals surface area contributed by atoms with Gasteiger partial charge in [0, 0.05) is 5.92 Å². The van der Waals surface area contributed by atoms with Gasteiger partial charge in [-0.15, -0.1) is 0 Å². The van der Waals surface area contributed by atoms with Crippen LogP contribution in [0.1, 0.15) is 44.8 Å². The molecule has 3 N–H and O–H groups in total. The van der Waals surface area contributed by atoms with Crippen molar-refractivity contribution in [1.82, 2.24) is 24.9 Å². The second-order valence-electron chi connectivity index (χ2n) is 5.56. The number of rotatable bonds is 7. The second kappa shape index (κ2) is 7.66. The number of nitrogens with two attached hydrogens (primary N) is 1. The van der Waals surface area contributed by atoms with Gasteiger partial charge in [-0.25, -0.2) is 9.97 Å². The SMILES string of the molecule is CCC(COc1cnc(C(C)C)nc1)Nc1nc(C)nc(N)n1. The van der Waals surface area contributed by atoms with E-state index in [2.05, 4.69) is 51.0 Å². The van der Waals surface area contributed by atoms with E-state index < -0.39 is 0 Å². The third kappa shape index (κ3) is 5.01. The van der Waals surface area contributed by atoms with Crippen molar-refractivity contribution in [1.29, 1.82) is 0 Å². The molecule has 0 aliphatic rings. The van der Waals surface area contributed by atoms with Gasteiger partial charge in [0.15, 0.2) is 5.75 Å². The van der Waals surface area contributed by atoms with Gasteiger partial charge in [-0.05, 0) is 13.3 Å². The van der Waals surface area contributed by atoms with Crippen molar-refractivity contribution in [2.45, 2.75) is 46.1 Å². The van der Waals surface area contributed by atoms with E-state index in [4.69, 9.17) is 10.5 Å². The number of aryl methyl sites for hydroxylation is 1. The van der Waals surface area contributed by atoms with E-state index in [1.807, 2.05) is 0 Å². The quantitative estimate of drug-likeness (QED) is 0.797. The third-order valence-electron chi connectivity index (χ3n) is 3.21. The summed E-state index contributed by atoms with van der Waals surface area (Å²) in [6.07, 6.45) is 4.23. The maximum Gasteiger partial charge on any atom is 0.228 e. The van der Waals surface area contributed by atoms with Crippen LogP contribution in [0.3, 0.4) is 0 Å². The zero-order valence-electron chi connectivity index (χ0n) is 13.9. The second-order valence-corrected chi connectivity index (χ2v) is 5.56. The predicted octanol–water partition coefficient (Wildman–Crippen LogP) is 1.95. The first-order valence-electron chi connectivity index (χ1n) is 7.67. The lowest BCUT2D eigenvalue weighted by atomic mass is 10.2. The molecule has 0 spiro atoms. The molecule has 1 atom stereocenters. The van der Waals surface area contributed by atoms with Crippen molar-refractivity contribution >= 4 is 11.9 Å². The third-order valence-corrected chi connectivity index (χ3v) is 3.21. The molecule has 8 heteroatoms. The van der Waals surface area contributed by atoms with Gasteiger partial charge >= 0.3 is 0 Å². The number of nitrogens with one attached hydrogen (secondary N) is 1. The number of anilines is 2. The number of aromatic nitrogens is 5. The van der Waals surface area contributed by atoms with Crippen LogP contribution in [0.2, 0.25) is 0 Å². The Balaban J connectivity index is 1.94. The lowest BCUT2D eigenvalue weighted by molar-refractivity contribution is 0.291. The summed E-state index contributed by atoms with van der Waals surface area (Å²) in [7, 11) is 0. The van der Waals surface area contributed by atoms with Crippen LogP contribution in [0.25, 0.3) is 0 Å². The van der Waals surface area contributed by atoms with Gasteiger partial charge in [0.05, 0.1) is 18.4 Å². The summed E-state index contributed by atoms with van der Waals surface area (Å²) < 4.78 is 5.74. The Kier molecular flexibility index (Phi) is 5.61. The molecule has 0 saturated heterocycles. The summed E-state index contributed by atoms with van der Waals surface area (Å²) in [5.41, 5.74) is 5.63. The van der Waals surface area contributed by atoms with Gasteiger partial charge in [0.25, 0.3) is 0 Å². The Labute approximate surface area is 136 Å². The van der Waals surface area contributed by atoms with Crippen LogP contribution in [0.5, 0.6) is 5.75 Å². The normalized spacial score (nSPS) is 12.2. The molecule has 8 nitrogen and oxygen atoms in total. The molecule has 1 unspecified atom stereocenters. The van der Waals surface area contributed by atoms with Crippen molar-refractivity contribution < 1.29 is 4.74 Å². The molecule has 0 saturated carbocycles. The highest BCUT2D eigenvalue weighted by Gasteiger charge is 2.11. The van der Waals surface area contributed by atoms with Crippen molar-refractivity contribution in [3.63, 3.8) is 0 Å². The molecule has 0 radical (unpaired) electrons. The minimum absolute atomic E-state index is 0.0426.